The fraction of sp³-hybridized carbons (Fsp3) is 0.208. The molecule has 0 unspecified atom stereocenters. The lowest BCUT2D eigenvalue weighted by molar-refractivity contribution is -0.116. The fourth-order valence-corrected chi connectivity index (χ4v) is 4.20. The highest BCUT2D eigenvalue weighted by Gasteiger charge is 2.19. The van der Waals surface area contributed by atoms with E-state index >= 15 is 0 Å². The molecule has 174 valence electrons. The van der Waals surface area contributed by atoms with Gasteiger partial charge in [0.1, 0.15) is 17.2 Å². The number of rotatable bonds is 10. The Morgan fingerprint density at radius 2 is 1.73 bits per heavy atom. The molecule has 3 N–H and O–H groups in total. The first kappa shape index (κ1) is 23.9. The van der Waals surface area contributed by atoms with E-state index in [-0.39, 0.29) is 34.3 Å². The number of methoxy groups -OCH3 is 1. The van der Waals surface area contributed by atoms with Crippen molar-refractivity contribution in [3.8, 4) is 17.2 Å². The Bertz CT molecular complexity index is 1210. The molecule has 8 nitrogen and oxygen atoms in total. The zero-order valence-electron chi connectivity index (χ0n) is 18.4. The van der Waals surface area contributed by atoms with Gasteiger partial charge >= 0.3 is 0 Å². The van der Waals surface area contributed by atoms with Crippen LogP contribution in [0.25, 0.3) is 0 Å². The molecule has 0 aromatic heterocycles. The maximum atomic E-state index is 12.8. The Morgan fingerprint density at radius 1 is 1.00 bits per heavy atom. The van der Waals surface area contributed by atoms with Crippen LogP contribution in [0.15, 0.2) is 71.6 Å². The van der Waals surface area contributed by atoms with Crippen molar-refractivity contribution in [3.63, 3.8) is 0 Å². The van der Waals surface area contributed by atoms with E-state index in [2.05, 4.69) is 10.0 Å². The summed E-state index contributed by atoms with van der Waals surface area (Å²) in [6, 6.07) is 17.7. The summed E-state index contributed by atoms with van der Waals surface area (Å²) < 4.78 is 38.7. The van der Waals surface area contributed by atoms with Crippen LogP contribution in [-0.2, 0) is 21.2 Å². The summed E-state index contributed by atoms with van der Waals surface area (Å²) >= 11 is 0. The van der Waals surface area contributed by atoms with Gasteiger partial charge in [0.25, 0.3) is 10.0 Å². The number of sulfonamides is 1. The summed E-state index contributed by atoms with van der Waals surface area (Å²) in [6.07, 6.45) is 0.635. The minimum atomic E-state index is -3.99. The van der Waals surface area contributed by atoms with Crippen molar-refractivity contribution in [2.75, 3.05) is 23.8 Å². The van der Waals surface area contributed by atoms with Crippen molar-refractivity contribution in [1.82, 2.24) is 0 Å². The highest BCUT2D eigenvalue weighted by molar-refractivity contribution is 7.92. The minimum Gasteiger partial charge on any atom is -0.506 e. The predicted octanol–water partition coefficient (Wildman–Crippen LogP) is 4.17. The summed E-state index contributed by atoms with van der Waals surface area (Å²) in [4.78, 5) is 12.3. The third-order valence-corrected chi connectivity index (χ3v) is 6.14. The zero-order valence-corrected chi connectivity index (χ0v) is 19.2. The van der Waals surface area contributed by atoms with Crippen molar-refractivity contribution in [3.05, 3.63) is 72.3 Å². The SMILES string of the molecule is CCOc1ccc(CCC(=O)Nc2cc(S(=O)(=O)Nc3ccccc3OC)ccc2O)cc1. The maximum absolute atomic E-state index is 12.8. The summed E-state index contributed by atoms with van der Waals surface area (Å²) in [5.74, 6) is 0.533. The molecule has 0 saturated carbocycles. The lowest BCUT2D eigenvalue weighted by Crippen LogP contribution is -2.16. The molecule has 3 rings (SSSR count). The summed E-state index contributed by atoms with van der Waals surface area (Å²) in [6.45, 7) is 2.48. The van der Waals surface area contributed by atoms with Crippen molar-refractivity contribution < 1.29 is 27.8 Å². The Kier molecular flexibility index (Phi) is 7.78. The van der Waals surface area contributed by atoms with E-state index in [9.17, 15) is 18.3 Å². The first-order valence-corrected chi connectivity index (χ1v) is 11.8. The molecule has 0 heterocycles. The first-order chi connectivity index (χ1) is 15.8. The largest absolute Gasteiger partial charge is 0.506 e. The molecule has 1 amide bonds. The Hall–Kier alpha value is -3.72. The van der Waals surface area contributed by atoms with Gasteiger partial charge in [-0.25, -0.2) is 8.42 Å². The molecule has 3 aromatic carbocycles. The van der Waals surface area contributed by atoms with Crippen LogP contribution in [0.3, 0.4) is 0 Å². The van der Waals surface area contributed by atoms with Crippen LogP contribution >= 0.6 is 0 Å². The standard InChI is InChI=1S/C24H26N2O6S/c1-3-32-18-11-8-17(9-12-18)10-15-24(28)25-21-16-19(13-14-22(21)27)33(29,30)26-20-6-4-5-7-23(20)31-2/h4-9,11-14,16,26-27H,3,10,15H2,1-2H3,(H,25,28). The van der Waals surface area contributed by atoms with Gasteiger partial charge in [0, 0.05) is 6.42 Å². The van der Waals surface area contributed by atoms with Gasteiger partial charge < -0.3 is 19.9 Å². The number of phenolic OH excluding ortho intramolecular Hbond substituents is 1. The quantitative estimate of drug-likeness (QED) is 0.383. The smallest absolute Gasteiger partial charge is 0.262 e. The van der Waals surface area contributed by atoms with Gasteiger partial charge in [-0.15, -0.1) is 0 Å². The molecule has 0 radical (unpaired) electrons. The lowest BCUT2D eigenvalue weighted by atomic mass is 10.1. The molecule has 0 saturated heterocycles. The highest BCUT2D eigenvalue weighted by Crippen LogP contribution is 2.30. The van der Waals surface area contributed by atoms with Crippen molar-refractivity contribution in [2.24, 2.45) is 0 Å². The average molecular weight is 471 g/mol. The van der Waals surface area contributed by atoms with E-state index in [1.165, 1.54) is 25.3 Å². The van der Waals surface area contributed by atoms with Crippen LogP contribution in [0.4, 0.5) is 11.4 Å². The van der Waals surface area contributed by atoms with Crippen LogP contribution in [0, 0.1) is 0 Å². The average Bonchev–Trinajstić information content (AvgIpc) is 2.80. The number of phenols is 1. The first-order valence-electron chi connectivity index (χ1n) is 10.3. The van der Waals surface area contributed by atoms with Gasteiger partial charge in [-0.2, -0.15) is 0 Å². The van der Waals surface area contributed by atoms with Crippen LogP contribution < -0.4 is 19.5 Å². The number of hydrogen-bond donors (Lipinski definition) is 3. The number of para-hydroxylation sites is 2. The van der Waals surface area contributed by atoms with E-state index in [1.54, 1.807) is 24.3 Å². The maximum Gasteiger partial charge on any atom is 0.262 e. The third kappa shape index (κ3) is 6.39. The van der Waals surface area contributed by atoms with E-state index in [0.717, 1.165) is 11.3 Å². The van der Waals surface area contributed by atoms with Crippen LogP contribution in [0.1, 0.15) is 18.9 Å². The fourth-order valence-electron chi connectivity index (χ4n) is 3.10. The number of carbonyl (C=O) groups excluding carboxylic acids is 1. The van der Waals surface area contributed by atoms with E-state index < -0.39 is 10.0 Å². The summed E-state index contributed by atoms with van der Waals surface area (Å²) in [5.41, 5.74) is 1.23. The van der Waals surface area contributed by atoms with Crippen LogP contribution in [0.5, 0.6) is 17.2 Å². The molecule has 0 aliphatic heterocycles. The number of benzene rings is 3. The van der Waals surface area contributed by atoms with E-state index in [0.29, 0.717) is 18.8 Å². The minimum absolute atomic E-state index is 0.00888. The van der Waals surface area contributed by atoms with Gasteiger partial charge in [-0.3, -0.25) is 9.52 Å². The monoisotopic (exact) mass is 470 g/mol. The van der Waals surface area contributed by atoms with Gasteiger partial charge in [-0.1, -0.05) is 24.3 Å². The van der Waals surface area contributed by atoms with Gasteiger partial charge in [0.15, 0.2) is 0 Å². The molecule has 0 aliphatic rings. The Morgan fingerprint density at radius 3 is 2.42 bits per heavy atom. The highest BCUT2D eigenvalue weighted by atomic mass is 32.2. The number of anilines is 2. The number of carbonyl (C=O) groups is 1. The van der Waals surface area contributed by atoms with Crippen molar-refractivity contribution in [1.29, 1.82) is 0 Å². The van der Waals surface area contributed by atoms with Gasteiger partial charge in [0.2, 0.25) is 5.91 Å². The molecule has 0 bridgehead atoms. The second-order valence-electron chi connectivity index (χ2n) is 7.11. The molecule has 9 heteroatoms. The number of aryl methyl sites for hydroxylation is 1. The summed E-state index contributed by atoms with van der Waals surface area (Å²) in [7, 11) is -2.55. The topological polar surface area (TPSA) is 114 Å². The van der Waals surface area contributed by atoms with Gasteiger partial charge in [0.05, 0.1) is 30.0 Å². The number of amides is 1. The molecular weight excluding hydrogens is 444 g/mol. The lowest BCUT2D eigenvalue weighted by Gasteiger charge is -2.13. The van der Waals surface area contributed by atoms with Crippen molar-refractivity contribution in [2.45, 2.75) is 24.7 Å². The summed E-state index contributed by atoms with van der Waals surface area (Å²) in [5, 5.41) is 12.7. The number of hydrogen-bond acceptors (Lipinski definition) is 6. The Balaban J connectivity index is 1.68. The molecule has 0 spiro atoms. The number of ether oxygens (including phenoxy) is 2. The molecule has 0 atom stereocenters. The zero-order chi connectivity index (χ0) is 23.8. The van der Waals surface area contributed by atoms with Crippen LogP contribution in [-0.4, -0.2) is 33.1 Å². The second-order valence-corrected chi connectivity index (χ2v) is 8.79. The number of nitrogens with one attached hydrogen (secondary N) is 2. The molecule has 3 aromatic rings. The Labute approximate surface area is 193 Å². The van der Waals surface area contributed by atoms with E-state index in [1.807, 2.05) is 31.2 Å². The number of aromatic hydroxyl groups is 1. The third-order valence-electron chi connectivity index (χ3n) is 4.78. The second kappa shape index (κ2) is 10.7. The predicted molar refractivity (Wildman–Crippen MR) is 126 cm³/mol. The van der Waals surface area contributed by atoms with Crippen LogP contribution in [0.2, 0.25) is 0 Å². The molecule has 0 aliphatic carbocycles. The molecule has 0 fully saturated rings. The molecular formula is C24H26N2O6S. The van der Waals surface area contributed by atoms with E-state index in [4.69, 9.17) is 9.47 Å². The van der Waals surface area contributed by atoms with Gasteiger partial charge in [-0.05, 0) is 61.4 Å². The molecule has 33 heavy (non-hydrogen) atoms. The normalized spacial score (nSPS) is 11.0. The van der Waals surface area contributed by atoms with Crippen molar-refractivity contribution >= 4 is 27.3 Å².